The van der Waals surface area contributed by atoms with Crippen LogP contribution in [0, 0.1) is 6.92 Å². The van der Waals surface area contributed by atoms with Crippen LogP contribution < -0.4 is 5.73 Å². The first-order valence-electron chi connectivity index (χ1n) is 7.90. The summed E-state index contributed by atoms with van der Waals surface area (Å²) in [5.74, 6) is 0.769. The molecule has 1 fully saturated rings. The predicted molar refractivity (Wildman–Crippen MR) is 90.6 cm³/mol. The van der Waals surface area contributed by atoms with Gasteiger partial charge in [0.2, 0.25) is 5.91 Å². The van der Waals surface area contributed by atoms with Gasteiger partial charge in [0.25, 0.3) is 0 Å². The maximum Gasteiger partial charge on any atom is 0.233 e. The molecule has 2 N–H and O–H groups in total. The van der Waals surface area contributed by atoms with Gasteiger partial charge in [-0.15, -0.1) is 11.8 Å². The van der Waals surface area contributed by atoms with Crippen LogP contribution in [0.2, 0.25) is 0 Å². The average Bonchev–Trinajstić information content (AvgIpc) is 2.50. The van der Waals surface area contributed by atoms with Gasteiger partial charge in [-0.1, -0.05) is 25.3 Å². The lowest BCUT2D eigenvalue weighted by Gasteiger charge is -2.33. The number of carbonyl (C=O) groups is 1. The maximum absolute atomic E-state index is 12.5. The van der Waals surface area contributed by atoms with Crippen LogP contribution in [0.15, 0.2) is 23.1 Å². The largest absolute Gasteiger partial charge is 0.398 e. The molecule has 1 aromatic carbocycles. The number of benzene rings is 1. The van der Waals surface area contributed by atoms with Gasteiger partial charge in [-0.3, -0.25) is 4.79 Å². The Morgan fingerprint density at radius 1 is 1.33 bits per heavy atom. The molecule has 0 atom stereocenters. The normalized spacial score (nSPS) is 15.9. The SMILES string of the molecule is CCN(C(=O)CSc1cccc(N)c1C)C1CCCCC1. The molecule has 116 valence electrons. The van der Waals surface area contributed by atoms with E-state index in [9.17, 15) is 4.79 Å². The van der Waals surface area contributed by atoms with Gasteiger partial charge in [0.05, 0.1) is 5.75 Å². The molecule has 0 radical (unpaired) electrons. The number of anilines is 1. The Labute approximate surface area is 132 Å². The number of nitrogens with two attached hydrogens (primary N) is 1. The van der Waals surface area contributed by atoms with E-state index in [1.165, 1.54) is 32.1 Å². The lowest BCUT2D eigenvalue weighted by molar-refractivity contribution is -0.131. The molecule has 0 spiro atoms. The van der Waals surface area contributed by atoms with E-state index < -0.39 is 0 Å². The van der Waals surface area contributed by atoms with Crippen molar-refractivity contribution in [2.24, 2.45) is 0 Å². The third-order valence-corrected chi connectivity index (χ3v) is 5.50. The Balaban J connectivity index is 1.94. The highest BCUT2D eigenvalue weighted by Crippen LogP contribution is 2.28. The lowest BCUT2D eigenvalue weighted by atomic mass is 9.94. The van der Waals surface area contributed by atoms with Crippen LogP contribution >= 0.6 is 11.8 Å². The van der Waals surface area contributed by atoms with Crippen molar-refractivity contribution in [3.8, 4) is 0 Å². The second kappa shape index (κ2) is 7.74. The fraction of sp³-hybridized carbons (Fsp3) is 0.588. The van der Waals surface area contributed by atoms with Crippen LogP contribution in [0.4, 0.5) is 5.69 Å². The summed E-state index contributed by atoms with van der Waals surface area (Å²) in [6.45, 7) is 4.92. The summed E-state index contributed by atoms with van der Waals surface area (Å²) in [4.78, 5) is 15.7. The van der Waals surface area contributed by atoms with E-state index in [-0.39, 0.29) is 5.91 Å². The van der Waals surface area contributed by atoms with Crippen molar-refractivity contribution >= 4 is 23.4 Å². The molecule has 2 rings (SSSR count). The zero-order valence-electron chi connectivity index (χ0n) is 13.1. The summed E-state index contributed by atoms with van der Waals surface area (Å²) in [7, 11) is 0. The number of nitrogens with zero attached hydrogens (tertiary/aromatic N) is 1. The minimum absolute atomic E-state index is 0.260. The molecule has 1 saturated carbocycles. The number of carbonyl (C=O) groups excluding carboxylic acids is 1. The summed E-state index contributed by atoms with van der Waals surface area (Å²) in [5, 5.41) is 0. The Bertz CT molecular complexity index is 484. The molecule has 0 aliphatic heterocycles. The van der Waals surface area contributed by atoms with E-state index in [4.69, 9.17) is 5.73 Å². The van der Waals surface area contributed by atoms with Crippen LogP contribution in [-0.2, 0) is 4.79 Å². The molecule has 1 aromatic rings. The van der Waals surface area contributed by atoms with Crippen molar-refractivity contribution in [3.63, 3.8) is 0 Å². The number of hydrogen-bond acceptors (Lipinski definition) is 3. The standard InChI is InChI=1S/C17H26N2OS/c1-3-19(14-8-5-4-6-9-14)17(20)12-21-16-11-7-10-15(18)13(16)2/h7,10-11,14H,3-6,8-9,12,18H2,1-2H3. The third kappa shape index (κ3) is 4.16. The van der Waals surface area contributed by atoms with Crippen LogP contribution in [0.1, 0.15) is 44.6 Å². The van der Waals surface area contributed by atoms with Gasteiger partial charge in [0, 0.05) is 23.2 Å². The van der Waals surface area contributed by atoms with Crippen LogP contribution in [0.5, 0.6) is 0 Å². The molecular weight excluding hydrogens is 280 g/mol. The van der Waals surface area contributed by atoms with Gasteiger partial charge in [-0.25, -0.2) is 0 Å². The van der Waals surface area contributed by atoms with Crippen molar-refractivity contribution in [3.05, 3.63) is 23.8 Å². The van der Waals surface area contributed by atoms with Crippen molar-refractivity contribution in [2.45, 2.75) is 56.9 Å². The molecule has 0 unspecified atom stereocenters. The van der Waals surface area contributed by atoms with E-state index in [1.807, 2.05) is 25.1 Å². The van der Waals surface area contributed by atoms with E-state index in [1.54, 1.807) is 11.8 Å². The van der Waals surface area contributed by atoms with E-state index in [2.05, 4.69) is 11.8 Å². The quantitative estimate of drug-likeness (QED) is 0.664. The number of amides is 1. The predicted octanol–water partition coefficient (Wildman–Crippen LogP) is 3.85. The third-order valence-electron chi connectivity index (χ3n) is 4.35. The average molecular weight is 306 g/mol. The Kier molecular flexibility index (Phi) is 5.97. The first-order chi connectivity index (χ1) is 10.1. The molecule has 0 aromatic heterocycles. The van der Waals surface area contributed by atoms with Crippen LogP contribution in [0.3, 0.4) is 0 Å². The highest BCUT2D eigenvalue weighted by Gasteiger charge is 2.24. The van der Waals surface area contributed by atoms with E-state index in [0.717, 1.165) is 22.7 Å². The van der Waals surface area contributed by atoms with Crippen molar-refractivity contribution in [1.29, 1.82) is 0 Å². The fourth-order valence-corrected chi connectivity index (χ4v) is 4.00. The molecule has 1 amide bonds. The first-order valence-corrected chi connectivity index (χ1v) is 8.89. The van der Waals surface area contributed by atoms with Gasteiger partial charge in [-0.2, -0.15) is 0 Å². The van der Waals surface area contributed by atoms with Gasteiger partial charge < -0.3 is 10.6 Å². The summed E-state index contributed by atoms with van der Waals surface area (Å²) in [6.07, 6.45) is 6.18. The molecule has 3 nitrogen and oxygen atoms in total. The van der Waals surface area contributed by atoms with Crippen LogP contribution in [-0.4, -0.2) is 29.1 Å². The first kappa shape index (κ1) is 16.2. The summed E-state index contributed by atoms with van der Waals surface area (Å²) in [5.41, 5.74) is 7.80. The molecule has 1 aliphatic rings. The lowest BCUT2D eigenvalue weighted by Crippen LogP contribution is -2.42. The Morgan fingerprint density at radius 2 is 2.05 bits per heavy atom. The number of hydrogen-bond donors (Lipinski definition) is 1. The summed E-state index contributed by atoms with van der Waals surface area (Å²) < 4.78 is 0. The zero-order valence-corrected chi connectivity index (χ0v) is 13.9. The topological polar surface area (TPSA) is 46.3 Å². The number of nitrogen functional groups attached to an aromatic ring is 1. The van der Waals surface area contributed by atoms with Gasteiger partial charge in [0.1, 0.15) is 0 Å². The molecule has 0 saturated heterocycles. The molecule has 0 heterocycles. The Morgan fingerprint density at radius 3 is 2.71 bits per heavy atom. The highest BCUT2D eigenvalue weighted by atomic mass is 32.2. The summed E-state index contributed by atoms with van der Waals surface area (Å²) in [6, 6.07) is 6.36. The monoisotopic (exact) mass is 306 g/mol. The van der Waals surface area contributed by atoms with E-state index in [0.29, 0.717) is 11.8 Å². The van der Waals surface area contributed by atoms with Gasteiger partial charge in [-0.05, 0) is 44.4 Å². The molecule has 1 aliphatic carbocycles. The Hall–Kier alpha value is -1.16. The number of thioether (sulfide) groups is 1. The van der Waals surface area contributed by atoms with Crippen LogP contribution in [0.25, 0.3) is 0 Å². The second-order valence-corrected chi connectivity index (χ2v) is 6.75. The zero-order chi connectivity index (χ0) is 15.2. The molecule has 4 heteroatoms. The highest BCUT2D eigenvalue weighted by molar-refractivity contribution is 8.00. The van der Waals surface area contributed by atoms with Gasteiger partial charge >= 0.3 is 0 Å². The van der Waals surface area contributed by atoms with Gasteiger partial charge in [0.15, 0.2) is 0 Å². The smallest absolute Gasteiger partial charge is 0.233 e. The molecule has 0 bridgehead atoms. The molecule has 21 heavy (non-hydrogen) atoms. The molecular formula is C17H26N2OS. The minimum Gasteiger partial charge on any atom is -0.398 e. The minimum atomic E-state index is 0.260. The summed E-state index contributed by atoms with van der Waals surface area (Å²) >= 11 is 1.61. The van der Waals surface area contributed by atoms with E-state index >= 15 is 0 Å². The fourth-order valence-electron chi connectivity index (χ4n) is 3.04. The maximum atomic E-state index is 12.5. The van der Waals surface area contributed by atoms with Crippen molar-refractivity contribution < 1.29 is 4.79 Å². The number of rotatable bonds is 5. The second-order valence-electron chi connectivity index (χ2n) is 5.73. The van der Waals surface area contributed by atoms with Crippen molar-refractivity contribution in [2.75, 3.05) is 18.0 Å². The van der Waals surface area contributed by atoms with Crippen molar-refractivity contribution in [1.82, 2.24) is 4.90 Å².